The van der Waals surface area contributed by atoms with E-state index in [0.717, 1.165) is 37.7 Å². The Morgan fingerprint density at radius 3 is 1.97 bits per heavy atom. The predicted octanol–water partition coefficient (Wildman–Crippen LogP) is 6.62. The monoisotopic (exact) mass is 458 g/mol. The van der Waals surface area contributed by atoms with Crippen LogP contribution in [-0.4, -0.2) is 21.6 Å². The SMILES string of the molecule is CC(=O)Cc1cc(=O)c2c(CCCCCCCCCCCCCC(C)(C)O)cc(O)cc2o1. The molecule has 0 radical (unpaired) electrons. The molecular weight excluding hydrogens is 416 g/mol. The van der Waals surface area contributed by atoms with E-state index in [4.69, 9.17) is 4.42 Å². The van der Waals surface area contributed by atoms with Crippen LogP contribution in [0.3, 0.4) is 0 Å². The molecule has 1 heterocycles. The van der Waals surface area contributed by atoms with E-state index in [0.29, 0.717) is 16.7 Å². The van der Waals surface area contributed by atoms with Gasteiger partial charge in [-0.25, -0.2) is 0 Å². The number of phenolic OH excluding ortho intramolecular Hbond substituents is 1. The van der Waals surface area contributed by atoms with Crippen LogP contribution in [0.5, 0.6) is 5.75 Å². The summed E-state index contributed by atoms with van der Waals surface area (Å²) in [5, 5.41) is 20.3. The number of aromatic hydroxyl groups is 1. The van der Waals surface area contributed by atoms with Crippen molar-refractivity contribution in [2.45, 2.75) is 116 Å². The Hall–Kier alpha value is -2.14. The molecule has 2 N–H and O–H groups in total. The second-order valence-electron chi connectivity index (χ2n) is 10.1. The minimum atomic E-state index is -0.527. The van der Waals surface area contributed by atoms with Crippen LogP contribution in [0.1, 0.15) is 109 Å². The van der Waals surface area contributed by atoms with Crippen molar-refractivity contribution >= 4 is 16.8 Å². The van der Waals surface area contributed by atoms with Gasteiger partial charge in [-0.05, 0) is 51.7 Å². The first-order valence-corrected chi connectivity index (χ1v) is 12.7. The number of carbonyl (C=O) groups is 1. The zero-order valence-corrected chi connectivity index (χ0v) is 20.8. The van der Waals surface area contributed by atoms with Crippen LogP contribution in [0, 0.1) is 0 Å². The molecule has 0 spiro atoms. The molecule has 0 aliphatic heterocycles. The van der Waals surface area contributed by atoms with Gasteiger partial charge in [-0.1, -0.05) is 64.2 Å². The number of Topliss-reactive ketones (excluding diaryl/α,β-unsaturated/α-hetero) is 1. The summed E-state index contributed by atoms with van der Waals surface area (Å²) in [5.41, 5.74) is 0.495. The third-order valence-electron chi connectivity index (χ3n) is 6.11. The summed E-state index contributed by atoms with van der Waals surface area (Å²) >= 11 is 0. The van der Waals surface area contributed by atoms with Crippen molar-refractivity contribution in [3.05, 3.63) is 39.7 Å². The van der Waals surface area contributed by atoms with E-state index < -0.39 is 5.60 Å². The fourth-order valence-corrected chi connectivity index (χ4v) is 4.40. The van der Waals surface area contributed by atoms with Crippen LogP contribution in [-0.2, 0) is 17.6 Å². The number of ketones is 1. The first-order chi connectivity index (χ1) is 15.7. The molecule has 2 rings (SSSR count). The molecule has 0 bridgehead atoms. The van der Waals surface area contributed by atoms with Gasteiger partial charge in [0, 0.05) is 12.1 Å². The Bertz CT molecular complexity index is 936. The zero-order valence-electron chi connectivity index (χ0n) is 20.8. The number of aliphatic hydroxyl groups is 1. The summed E-state index contributed by atoms with van der Waals surface area (Å²) in [6, 6.07) is 4.51. The summed E-state index contributed by atoms with van der Waals surface area (Å²) < 4.78 is 5.71. The fourth-order valence-electron chi connectivity index (χ4n) is 4.40. The Labute approximate surface area is 198 Å². The van der Waals surface area contributed by atoms with E-state index in [9.17, 15) is 19.8 Å². The summed E-state index contributed by atoms with van der Waals surface area (Å²) in [6.45, 7) is 5.21. The first-order valence-electron chi connectivity index (χ1n) is 12.7. The summed E-state index contributed by atoms with van der Waals surface area (Å²) in [6.07, 6.45) is 14.9. The highest BCUT2D eigenvalue weighted by atomic mass is 16.3. The van der Waals surface area contributed by atoms with E-state index >= 15 is 0 Å². The van der Waals surface area contributed by atoms with Crippen molar-refractivity contribution < 1.29 is 19.4 Å². The molecule has 0 saturated carbocycles. The van der Waals surface area contributed by atoms with Crippen LogP contribution in [0.2, 0.25) is 0 Å². The minimum absolute atomic E-state index is 0.0694. The van der Waals surface area contributed by atoms with Gasteiger partial charge < -0.3 is 14.6 Å². The maximum atomic E-state index is 12.6. The third kappa shape index (κ3) is 10.6. The Morgan fingerprint density at radius 1 is 0.879 bits per heavy atom. The van der Waals surface area contributed by atoms with E-state index in [1.54, 1.807) is 6.07 Å². The molecule has 0 fully saturated rings. The number of unbranched alkanes of at least 4 members (excludes halogenated alkanes) is 10. The van der Waals surface area contributed by atoms with Gasteiger partial charge in [0.15, 0.2) is 5.43 Å². The number of hydrogen-bond acceptors (Lipinski definition) is 5. The number of rotatable bonds is 16. The average molecular weight is 459 g/mol. The highest BCUT2D eigenvalue weighted by Gasteiger charge is 2.13. The van der Waals surface area contributed by atoms with Gasteiger partial charge in [-0.2, -0.15) is 0 Å². The van der Waals surface area contributed by atoms with Crippen molar-refractivity contribution in [2.24, 2.45) is 0 Å². The lowest BCUT2D eigenvalue weighted by Gasteiger charge is -2.16. The summed E-state index contributed by atoms with van der Waals surface area (Å²) in [7, 11) is 0. The maximum Gasteiger partial charge on any atom is 0.193 e. The molecule has 0 saturated heterocycles. The van der Waals surface area contributed by atoms with Crippen LogP contribution in [0.15, 0.2) is 27.4 Å². The molecule has 1 aromatic heterocycles. The van der Waals surface area contributed by atoms with Crippen LogP contribution < -0.4 is 5.43 Å². The normalized spacial score (nSPS) is 11.9. The molecule has 2 aromatic rings. The lowest BCUT2D eigenvalue weighted by molar-refractivity contribution is -0.116. The zero-order chi connectivity index (χ0) is 24.3. The van der Waals surface area contributed by atoms with Gasteiger partial charge >= 0.3 is 0 Å². The largest absolute Gasteiger partial charge is 0.508 e. The lowest BCUT2D eigenvalue weighted by Crippen LogP contribution is -2.17. The van der Waals surface area contributed by atoms with Gasteiger partial charge in [0.25, 0.3) is 0 Å². The molecule has 5 nitrogen and oxygen atoms in total. The molecular formula is C28H42O5. The van der Waals surface area contributed by atoms with E-state index in [-0.39, 0.29) is 23.4 Å². The molecule has 5 heteroatoms. The van der Waals surface area contributed by atoms with E-state index in [2.05, 4.69) is 0 Å². The van der Waals surface area contributed by atoms with Gasteiger partial charge in [-0.3, -0.25) is 9.59 Å². The Balaban J connectivity index is 1.66. The molecule has 0 amide bonds. The molecule has 0 aliphatic carbocycles. The average Bonchev–Trinajstić information content (AvgIpc) is 2.69. The fraction of sp³-hybridized carbons (Fsp3) is 0.643. The van der Waals surface area contributed by atoms with Crippen LogP contribution >= 0.6 is 0 Å². The smallest absolute Gasteiger partial charge is 0.193 e. The number of aryl methyl sites for hydroxylation is 1. The first kappa shape index (κ1) is 27.1. The Morgan fingerprint density at radius 2 is 1.42 bits per heavy atom. The summed E-state index contributed by atoms with van der Waals surface area (Å²) in [4.78, 5) is 24.0. The van der Waals surface area contributed by atoms with Crippen molar-refractivity contribution in [3.63, 3.8) is 0 Å². The van der Waals surface area contributed by atoms with E-state index in [1.807, 2.05) is 13.8 Å². The van der Waals surface area contributed by atoms with Crippen LogP contribution in [0.4, 0.5) is 0 Å². The molecule has 33 heavy (non-hydrogen) atoms. The predicted molar refractivity (Wildman–Crippen MR) is 134 cm³/mol. The maximum absolute atomic E-state index is 12.6. The van der Waals surface area contributed by atoms with Crippen LogP contribution in [0.25, 0.3) is 11.0 Å². The summed E-state index contributed by atoms with van der Waals surface area (Å²) in [5.74, 6) is 0.353. The van der Waals surface area contributed by atoms with E-state index in [1.165, 1.54) is 70.4 Å². The number of hydrogen-bond donors (Lipinski definition) is 2. The number of phenols is 1. The second kappa shape index (κ2) is 13.5. The molecule has 0 unspecified atom stereocenters. The molecule has 0 atom stereocenters. The quantitative estimate of drug-likeness (QED) is 0.276. The highest BCUT2D eigenvalue weighted by molar-refractivity contribution is 5.83. The van der Waals surface area contributed by atoms with Gasteiger partial charge in [-0.15, -0.1) is 0 Å². The Kier molecular flexibility index (Phi) is 11.1. The van der Waals surface area contributed by atoms with Crippen molar-refractivity contribution in [3.8, 4) is 5.75 Å². The van der Waals surface area contributed by atoms with Gasteiger partial charge in [0.2, 0.25) is 0 Å². The number of fused-ring (bicyclic) bond motifs is 1. The van der Waals surface area contributed by atoms with Crippen molar-refractivity contribution in [1.82, 2.24) is 0 Å². The second-order valence-corrected chi connectivity index (χ2v) is 10.1. The van der Waals surface area contributed by atoms with Crippen molar-refractivity contribution in [2.75, 3.05) is 0 Å². The third-order valence-corrected chi connectivity index (χ3v) is 6.11. The lowest BCUT2D eigenvalue weighted by atomic mass is 9.99. The molecule has 184 valence electrons. The standard InChI is InChI=1S/C28H42O5/c1-21(29)17-24-20-25(31)27-22(18-23(30)19-26(27)33-24)15-13-11-9-7-5-4-6-8-10-12-14-16-28(2,3)32/h18-20,30,32H,4-17H2,1-3H3. The minimum Gasteiger partial charge on any atom is -0.508 e. The molecule has 0 aliphatic rings. The topological polar surface area (TPSA) is 87.7 Å². The number of carbonyl (C=O) groups excluding carboxylic acids is 1. The molecule has 1 aromatic carbocycles. The van der Waals surface area contributed by atoms with Gasteiger partial charge in [0.05, 0.1) is 17.4 Å². The van der Waals surface area contributed by atoms with Gasteiger partial charge in [0.1, 0.15) is 22.9 Å². The highest BCUT2D eigenvalue weighted by Crippen LogP contribution is 2.25. The van der Waals surface area contributed by atoms with Crippen molar-refractivity contribution in [1.29, 1.82) is 0 Å². The number of benzene rings is 1.